The lowest BCUT2D eigenvalue weighted by Crippen LogP contribution is -2.36. The van der Waals surface area contributed by atoms with Crippen LogP contribution < -0.4 is 19.8 Å². The molecule has 2 aromatic heterocycles. The maximum atomic E-state index is 13.1. The Balaban J connectivity index is 1.54. The minimum atomic E-state index is -0.661. The van der Waals surface area contributed by atoms with Gasteiger partial charge in [0.15, 0.2) is 5.95 Å². The Morgan fingerprint density at radius 1 is 1.29 bits per heavy atom. The molecule has 11 heteroatoms. The Morgan fingerprint density at radius 3 is 2.74 bits per heavy atom. The molecule has 1 unspecified atom stereocenters. The molecule has 34 heavy (non-hydrogen) atoms. The van der Waals surface area contributed by atoms with Gasteiger partial charge in [-0.25, -0.2) is 4.79 Å². The normalized spacial score (nSPS) is 13.7. The molecule has 0 radical (unpaired) electrons. The van der Waals surface area contributed by atoms with Crippen LogP contribution in [0.3, 0.4) is 0 Å². The first-order valence-electron chi connectivity index (χ1n) is 11.0. The summed E-state index contributed by atoms with van der Waals surface area (Å²) in [7, 11) is 1.56. The van der Waals surface area contributed by atoms with Crippen molar-refractivity contribution in [2.75, 3.05) is 19.0 Å². The molecule has 0 bridgehead atoms. The summed E-state index contributed by atoms with van der Waals surface area (Å²) in [5, 5.41) is 19.0. The molecule has 0 aliphatic heterocycles. The molecular weight excluding hydrogens is 478 g/mol. The molecule has 0 fully saturated rings. The van der Waals surface area contributed by atoms with Gasteiger partial charge < -0.3 is 24.4 Å². The van der Waals surface area contributed by atoms with Crippen LogP contribution in [0, 0.1) is 0 Å². The number of hydrogen-bond acceptors (Lipinski definition) is 9. The maximum Gasteiger partial charge on any atom is 0.341 e. The van der Waals surface area contributed by atoms with E-state index in [1.807, 2.05) is 0 Å². The van der Waals surface area contributed by atoms with E-state index in [0.717, 1.165) is 47.9 Å². The molecule has 1 aliphatic carbocycles. The molecule has 3 aromatic rings. The highest BCUT2D eigenvalue weighted by molar-refractivity contribution is 8.00. The summed E-state index contributed by atoms with van der Waals surface area (Å²) in [6, 6.07) is 6.94. The number of amides is 1. The molecule has 0 saturated carbocycles. The number of benzene rings is 1. The minimum Gasteiger partial charge on any atom is -0.538 e. The minimum absolute atomic E-state index is 0.170. The van der Waals surface area contributed by atoms with Gasteiger partial charge in [-0.15, -0.1) is 11.3 Å². The van der Waals surface area contributed by atoms with Gasteiger partial charge in [-0.3, -0.25) is 4.79 Å². The van der Waals surface area contributed by atoms with E-state index < -0.39 is 17.2 Å². The standard InChI is InChI=1S/C23H25N3O6S2/c1-4-31-22(28)18-16-7-5-6-8-17(16)34-20(18)24-19(27)13(2)33-21-23(29)32-25-26(21)14-9-11-15(30-3)12-10-14/h9-13H,4-8H2,1-3H3,(H-,24,25,27,28,29). The summed E-state index contributed by atoms with van der Waals surface area (Å²) in [5.41, 5.74) is 2.02. The van der Waals surface area contributed by atoms with Crippen LogP contribution in [0.5, 0.6) is 11.7 Å². The smallest absolute Gasteiger partial charge is 0.341 e. The summed E-state index contributed by atoms with van der Waals surface area (Å²) >= 11 is 2.46. The topological polar surface area (TPSA) is 118 Å². The van der Waals surface area contributed by atoms with Crippen molar-refractivity contribution < 1.29 is 33.4 Å². The van der Waals surface area contributed by atoms with Gasteiger partial charge in [0.25, 0.3) is 5.03 Å². The molecule has 1 N–H and O–H groups in total. The number of thiophene rings is 1. The van der Waals surface area contributed by atoms with Gasteiger partial charge in [-0.05, 0) is 73.7 Å². The number of thioether (sulfide) groups is 1. The highest BCUT2D eigenvalue weighted by Crippen LogP contribution is 2.39. The quantitative estimate of drug-likeness (QED) is 0.283. The summed E-state index contributed by atoms with van der Waals surface area (Å²) < 4.78 is 16.6. The third-order valence-electron chi connectivity index (χ3n) is 5.43. The summed E-state index contributed by atoms with van der Waals surface area (Å²) in [4.78, 5) is 26.8. The monoisotopic (exact) mass is 503 g/mol. The number of aromatic nitrogens is 2. The molecule has 0 saturated heterocycles. The van der Waals surface area contributed by atoms with Crippen molar-refractivity contribution >= 4 is 40.0 Å². The van der Waals surface area contributed by atoms with Crippen molar-refractivity contribution in [3.05, 3.63) is 40.3 Å². The molecule has 180 valence electrons. The second-order valence-electron chi connectivity index (χ2n) is 7.66. The average Bonchev–Trinajstić information content (AvgIpc) is 3.39. The Morgan fingerprint density at radius 2 is 2.03 bits per heavy atom. The van der Waals surface area contributed by atoms with Crippen LogP contribution in [-0.4, -0.2) is 36.1 Å². The van der Waals surface area contributed by atoms with Gasteiger partial charge >= 0.3 is 5.97 Å². The number of anilines is 1. The Labute approximate surface area is 205 Å². The SMILES string of the molecule is CCOC(=O)c1c(NC(=O)C(C)Sc2c([O-])on[n+]2-c2ccc(OC)cc2)sc2c1CCCC2. The molecule has 9 nitrogen and oxygen atoms in total. The molecular formula is C23H25N3O6S2. The molecule has 4 rings (SSSR count). The van der Waals surface area contributed by atoms with E-state index in [4.69, 9.17) is 14.0 Å². The van der Waals surface area contributed by atoms with Gasteiger partial charge in [0.05, 0.1) is 29.8 Å². The summed E-state index contributed by atoms with van der Waals surface area (Å²) in [6.07, 6.45) is 3.73. The highest BCUT2D eigenvalue weighted by Gasteiger charge is 2.30. The van der Waals surface area contributed by atoms with E-state index >= 15 is 0 Å². The van der Waals surface area contributed by atoms with Gasteiger partial charge in [0.1, 0.15) is 10.8 Å². The van der Waals surface area contributed by atoms with E-state index in [0.29, 0.717) is 22.0 Å². The zero-order valence-electron chi connectivity index (χ0n) is 19.1. The molecule has 1 amide bonds. The largest absolute Gasteiger partial charge is 0.538 e. The van der Waals surface area contributed by atoms with Crippen molar-refractivity contribution in [2.24, 2.45) is 0 Å². The summed E-state index contributed by atoms with van der Waals surface area (Å²) in [5.74, 6) is -0.737. The number of esters is 1. The van der Waals surface area contributed by atoms with Crippen LogP contribution >= 0.6 is 23.1 Å². The van der Waals surface area contributed by atoms with Gasteiger partial charge in [-0.2, -0.15) is 0 Å². The fraction of sp³-hybridized carbons (Fsp3) is 0.391. The number of carbonyl (C=O) groups excluding carboxylic acids is 2. The first kappa shape index (κ1) is 24.1. The third-order valence-corrected chi connectivity index (χ3v) is 7.77. The number of hydrogen-bond donors (Lipinski definition) is 1. The fourth-order valence-electron chi connectivity index (χ4n) is 3.73. The number of methoxy groups -OCH3 is 1. The number of aryl methyl sites for hydroxylation is 1. The van der Waals surface area contributed by atoms with Crippen molar-refractivity contribution in [2.45, 2.75) is 49.8 Å². The van der Waals surface area contributed by atoms with Crippen LogP contribution in [0.1, 0.15) is 47.5 Å². The van der Waals surface area contributed by atoms with Crippen molar-refractivity contribution in [1.82, 2.24) is 5.27 Å². The van der Waals surface area contributed by atoms with Crippen molar-refractivity contribution in [1.29, 1.82) is 0 Å². The van der Waals surface area contributed by atoms with Crippen molar-refractivity contribution in [3.63, 3.8) is 0 Å². The Kier molecular flexibility index (Phi) is 7.42. The molecule has 1 aliphatic rings. The highest BCUT2D eigenvalue weighted by atomic mass is 32.2. The van der Waals surface area contributed by atoms with E-state index in [1.54, 1.807) is 45.2 Å². The van der Waals surface area contributed by atoms with Gasteiger partial charge in [0.2, 0.25) is 11.6 Å². The number of fused-ring (bicyclic) bond motifs is 1. The Bertz CT molecular complexity index is 1190. The predicted octanol–water partition coefficient (Wildman–Crippen LogP) is 3.27. The zero-order chi connectivity index (χ0) is 24.2. The van der Waals surface area contributed by atoms with E-state index in [2.05, 4.69) is 10.6 Å². The first-order chi connectivity index (χ1) is 16.4. The average molecular weight is 504 g/mol. The lowest BCUT2D eigenvalue weighted by molar-refractivity contribution is -0.705. The number of nitrogens with zero attached hydrogens (tertiary/aromatic N) is 2. The number of carbonyl (C=O) groups is 2. The van der Waals surface area contributed by atoms with Crippen LogP contribution in [0.25, 0.3) is 5.69 Å². The van der Waals surface area contributed by atoms with Crippen LogP contribution in [-0.2, 0) is 22.4 Å². The number of nitrogens with one attached hydrogen (secondary N) is 1. The number of rotatable bonds is 8. The third kappa shape index (κ3) is 4.90. The van der Waals surface area contributed by atoms with E-state index in [-0.39, 0.29) is 17.5 Å². The van der Waals surface area contributed by atoms with E-state index in [9.17, 15) is 14.7 Å². The molecule has 2 heterocycles. The lowest BCUT2D eigenvalue weighted by Gasteiger charge is -2.13. The van der Waals surface area contributed by atoms with E-state index in [1.165, 1.54) is 16.0 Å². The number of ether oxygens (including phenoxy) is 2. The fourth-order valence-corrected chi connectivity index (χ4v) is 5.89. The van der Waals surface area contributed by atoms with Crippen molar-refractivity contribution in [3.8, 4) is 17.4 Å². The van der Waals surface area contributed by atoms with Gasteiger partial charge in [-0.1, -0.05) is 0 Å². The predicted molar refractivity (Wildman–Crippen MR) is 125 cm³/mol. The second-order valence-corrected chi connectivity index (χ2v) is 10.1. The second kappa shape index (κ2) is 10.5. The molecule has 0 spiro atoms. The van der Waals surface area contributed by atoms with Crippen LogP contribution in [0.15, 0.2) is 33.8 Å². The maximum absolute atomic E-state index is 13.1. The molecule has 1 aromatic carbocycles. The Hall–Kier alpha value is -3.05. The van der Waals surface area contributed by atoms with Gasteiger partial charge in [0, 0.05) is 17.0 Å². The first-order valence-corrected chi connectivity index (χ1v) is 12.6. The molecule has 1 atom stereocenters. The zero-order valence-corrected chi connectivity index (χ0v) is 20.7. The summed E-state index contributed by atoms with van der Waals surface area (Å²) in [6.45, 7) is 3.70. The van der Waals surface area contributed by atoms with Crippen LogP contribution in [0.2, 0.25) is 0 Å². The van der Waals surface area contributed by atoms with Crippen LogP contribution in [0.4, 0.5) is 5.00 Å². The lowest BCUT2D eigenvalue weighted by atomic mass is 9.95.